The number of carbonyl (C=O) groups excluding carboxylic acids is 2. The summed E-state index contributed by atoms with van der Waals surface area (Å²) in [6.07, 6.45) is 3.98. The summed E-state index contributed by atoms with van der Waals surface area (Å²) in [7, 11) is 0. The molecular formula is C14H26N2O3S. The van der Waals surface area contributed by atoms with Crippen LogP contribution in [0.1, 0.15) is 39.5 Å². The topological polar surface area (TPSA) is 72.6 Å². The highest BCUT2D eigenvalue weighted by atomic mass is 32.2. The molecule has 1 fully saturated rings. The van der Waals surface area contributed by atoms with Gasteiger partial charge in [-0.05, 0) is 45.3 Å². The Labute approximate surface area is 125 Å². The summed E-state index contributed by atoms with van der Waals surface area (Å²) in [5, 5.41) is -0.0671. The van der Waals surface area contributed by atoms with Gasteiger partial charge in [0.25, 0.3) is 0 Å². The number of likely N-dealkylation sites (tertiary alicyclic amines) is 1. The van der Waals surface area contributed by atoms with E-state index < -0.39 is 6.04 Å². The van der Waals surface area contributed by atoms with E-state index in [1.54, 1.807) is 18.7 Å². The minimum absolute atomic E-state index is 0.0671. The van der Waals surface area contributed by atoms with Crippen LogP contribution in [0.15, 0.2) is 0 Å². The van der Waals surface area contributed by atoms with Crippen molar-refractivity contribution in [2.75, 3.05) is 25.4 Å². The van der Waals surface area contributed by atoms with E-state index in [1.165, 1.54) is 6.42 Å². The van der Waals surface area contributed by atoms with Gasteiger partial charge in [-0.25, -0.2) is 0 Å². The number of ether oxygens (including phenoxy) is 1. The van der Waals surface area contributed by atoms with Gasteiger partial charge in [-0.2, -0.15) is 0 Å². The Balaban J connectivity index is 2.23. The van der Waals surface area contributed by atoms with Crippen LogP contribution in [0.25, 0.3) is 0 Å². The average Bonchev–Trinajstić information content (AvgIpc) is 2.47. The summed E-state index contributed by atoms with van der Waals surface area (Å²) in [4.78, 5) is 25.5. The van der Waals surface area contributed by atoms with E-state index in [-0.39, 0.29) is 17.1 Å². The molecule has 1 heterocycles. The van der Waals surface area contributed by atoms with Crippen LogP contribution in [0.4, 0.5) is 0 Å². The molecule has 2 unspecified atom stereocenters. The van der Waals surface area contributed by atoms with E-state index in [9.17, 15) is 9.59 Å². The summed E-state index contributed by atoms with van der Waals surface area (Å²) in [6, 6.07) is -0.584. The molecule has 6 heteroatoms. The third-order valence-electron chi connectivity index (χ3n) is 3.40. The number of carbonyl (C=O) groups is 2. The van der Waals surface area contributed by atoms with Crippen LogP contribution in [-0.4, -0.2) is 53.5 Å². The first-order chi connectivity index (χ1) is 9.56. The lowest BCUT2D eigenvalue weighted by molar-refractivity contribution is -0.144. The Kier molecular flexibility index (Phi) is 7.99. The van der Waals surface area contributed by atoms with Crippen molar-refractivity contribution in [3.63, 3.8) is 0 Å². The van der Waals surface area contributed by atoms with Crippen molar-refractivity contribution in [2.45, 2.75) is 50.8 Å². The molecule has 0 radical (unpaired) electrons. The molecule has 1 aliphatic heterocycles. The van der Waals surface area contributed by atoms with Gasteiger partial charge in [0.2, 0.25) is 5.91 Å². The quantitative estimate of drug-likeness (QED) is 0.720. The number of nitrogens with zero attached hydrogens (tertiary/aromatic N) is 1. The Morgan fingerprint density at radius 2 is 1.95 bits per heavy atom. The standard InChI is InChI=1S/C14H26N2O3S/c1-3-19-14(18)12(15)7-10-20-11(2)13(17)16-8-5-4-6-9-16/h11-12H,3-10,15H2,1-2H3. The predicted octanol–water partition coefficient (Wildman–Crippen LogP) is 1.40. The molecule has 1 aliphatic rings. The minimum Gasteiger partial charge on any atom is -0.465 e. The number of esters is 1. The molecule has 0 bridgehead atoms. The predicted molar refractivity (Wildman–Crippen MR) is 81.6 cm³/mol. The Bertz CT molecular complexity index is 320. The van der Waals surface area contributed by atoms with Crippen LogP contribution in [0.5, 0.6) is 0 Å². The Hall–Kier alpha value is -0.750. The van der Waals surface area contributed by atoms with Gasteiger partial charge < -0.3 is 15.4 Å². The van der Waals surface area contributed by atoms with E-state index in [0.29, 0.717) is 18.8 Å². The smallest absolute Gasteiger partial charge is 0.322 e. The van der Waals surface area contributed by atoms with Gasteiger partial charge in [0.05, 0.1) is 11.9 Å². The minimum atomic E-state index is -0.584. The SMILES string of the molecule is CCOC(=O)C(N)CCSC(C)C(=O)N1CCCCC1. The zero-order chi connectivity index (χ0) is 15.0. The normalized spacial score (nSPS) is 18.4. The van der Waals surface area contributed by atoms with Gasteiger partial charge in [-0.1, -0.05) is 0 Å². The highest BCUT2D eigenvalue weighted by Crippen LogP contribution is 2.18. The molecule has 0 aromatic rings. The summed E-state index contributed by atoms with van der Waals surface area (Å²) in [5.41, 5.74) is 5.73. The molecule has 20 heavy (non-hydrogen) atoms. The maximum Gasteiger partial charge on any atom is 0.322 e. The van der Waals surface area contributed by atoms with Gasteiger partial charge in [-0.15, -0.1) is 11.8 Å². The highest BCUT2D eigenvalue weighted by Gasteiger charge is 2.23. The molecule has 0 spiro atoms. The van der Waals surface area contributed by atoms with Crippen LogP contribution >= 0.6 is 11.8 Å². The summed E-state index contributed by atoms with van der Waals surface area (Å²) in [6.45, 7) is 5.80. The Morgan fingerprint density at radius 1 is 1.30 bits per heavy atom. The molecule has 0 aliphatic carbocycles. The maximum absolute atomic E-state index is 12.2. The summed E-state index contributed by atoms with van der Waals surface area (Å²) >= 11 is 1.56. The molecule has 1 saturated heterocycles. The number of hydrogen-bond donors (Lipinski definition) is 1. The van der Waals surface area contributed by atoms with Crippen molar-refractivity contribution >= 4 is 23.6 Å². The molecule has 116 valence electrons. The first-order valence-corrected chi connectivity index (χ1v) is 8.43. The number of thioether (sulfide) groups is 1. The molecule has 1 rings (SSSR count). The van der Waals surface area contributed by atoms with Crippen molar-refractivity contribution < 1.29 is 14.3 Å². The maximum atomic E-state index is 12.2. The lowest BCUT2D eigenvalue weighted by Gasteiger charge is -2.29. The molecular weight excluding hydrogens is 276 g/mol. The number of rotatable bonds is 7. The lowest BCUT2D eigenvalue weighted by Crippen LogP contribution is -2.40. The molecule has 2 atom stereocenters. The largest absolute Gasteiger partial charge is 0.465 e. The van der Waals surface area contributed by atoms with E-state index in [0.717, 1.165) is 25.9 Å². The fourth-order valence-corrected chi connectivity index (χ4v) is 3.22. The second-order valence-electron chi connectivity index (χ2n) is 5.05. The van der Waals surface area contributed by atoms with Crippen LogP contribution in [-0.2, 0) is 14.3 Å². The highest BCUT2D eigenvalue weighted by molar-refractivity contribution is 8.00. The monoisotopic (exact) mass is 302 g/mol. The van der Waals surface area contributed by atoms with E-state index in [4.69, 9.17) is 10.5 Å². The van der Waals surface area contributed by atoms with Crippen LogP contribution in [0, 0.1) is 0 Å². The number of hydrogen-bond acceptors (Lipinski definition) is 5. The first kappa shape index (κ1) is 17.3. The van der Waals surface area contributed by atoms with Gasteiger partial charge in [0.1, 0.15) is 6.04 Å². The van der Waals surface area contributed by atoms with Crippen LogP contribution in [0.3, 0.4) is 0 Å². The van der Waals surface area contributed by atoms with Crippen molar-refractivity contribution in [1.82, 2.24) is 4.90 Å². The van der Waals surface area contributed by atoms with Gasteiger partial charge in [0, 0.05) is 13.1 Å². The first-order valence-electron chi connectivity index (χ1n) is 7.38. The zero-order valence-electron chi connectivity index (χ0n) is 12.5. The lowest BCUT2D eigenvalue weighted by atomic mass is 10.1. The third-order valence-corrected chi connectivity index (χ3v) is 4.57. The third kappa shape index (κ3) is 5.71. The number of amides is 1. The Morgan fingerprint density at radius 3 is 2.55 bits per heavy atom. The van der Waals surface area contributed by atoms with E-state index >= 15 is 0 Å². The zero-order valence-corrected chi connectivity index (χ0v) is 13.3. The van der Waals surface area contributed by atoms with Crippen molar-refractivity contribution in [3.8, 4) is 0 Å². The fourth-order valence-electron chi connectivity index (χ4n) is 2.18. The summed E-state index contributed by atoms with van der Waals surface area (Å²) in [5.74, 6) is 0.545. The second kappa shape index (κ2) is 9.23. The van der Waals surface area contributed by atoms with Crippen molar-refractivity contribution in [1.29, 1.82) is 0 Å². The second-order valence-corrected chi connectivity index (χ2v) is 6.49. The molecule has 0 aromatic carbocycles. The molecule has 1 amide bonds. The van der Waals surface area contributed by atoms with Gasteiger partial charge in [0.15, 0.2) is 0 Å². The molecule has 5 nitrogen and oxygen atoms in total. The molecule has 0 saturated carbocycles. The van der Waals surface area contributed by atoms with Crippen LogP contribution < -0.4 is 5.73 Å². The van der Waals surface area contributed by atoms with Gasteiger partial charge in [-0.3, -0.25) is 9.59 Å². The van der Waals surface area contributed by atoms with E-state index in [2.05, 4.69) is 0 Å². The van der Waals surface area contributed by atoms with Crippen molar-refractivity contribution in [2.24, 2.45) is 5.73 Å². The average molecular weight is 302 g/mol. The fraction of sp³-hybridized carbons (Fsp3) is 0.857. The van der Waals surface area contributed by atoms with E-state index in [1.807, 2.05) is 11.8 Å². The number of nitrogens with two attached hydrogens (primary N) is 1. The number of piperidine rings is 1. The van der Waals surface area contributed by atoms with Crippen molar-refractivity contribution in [3.05, 3.63) is 0 Å². The molecule has 2 N–H and O–H groups in total. The van der Waals surface area contributed by atoms with Crippen LogP contribution in [0.2, 0.25) is 0 Å². The van der Waals surface area contributed by atoms with Gasteiger partial charge >= 0.3 is 5.97 Å². The molecule has 0 aromatic heterocycles. The summed E-state index contributed by atoms with van der Waals surface area (Å²) < 4.78 is 4.86.